The van der Waals surface area contributed by atoms with Crippen LogP contribution in [0.1, 0.15) is 51.4 Å². The number of hydrogen-bond acceptors (Lipinski definition) is 17. The van der Waals surface area contributed by atoms with E-state index in [0.29, 0.717) is 183 Å². The number of fused-ring (bicyclic) bond motifs is 1. The smallest absolute Gasteiger partial charge is 0.315 e. The number of carbonyl (C=O) groups is 5. The second kappa shape index (κ2) is 42.4. The van der Waals surface area contributed by atoms with Gasteiger partial charge in [-0.1, -0.05) is 6.42 Å². The van der Waals surface area contributed by atoms with Crippen LogP contribution in [0.5, 0.6) is 0 Å². The molecule has 2 fully saturated rings. The molecule has 23 heteroatoms. The molecule has 5 amide bonds. The fourth-order valence-corrected chi connectivity index (χ4v) is 7.62. The lowest BCUT2D eigenvalue weighted by atomic mass is 10.0. The lowest BCUT2D eigenvalue weighted by Crippen LogP contribution is -2.36. The van der Waals surface area contributed by atoms with Crippen molar-refractivity contribution in [1.29, 1.82) is 0 Å². The highest BCUT2D eigenvalue weighted by atomic mass is 32.2. The van der Waals surface area contributed by atoms with Gasteiger partial charge in [-0.15, -0.1) is 0 Å². The Bertz CT molecular complexity index is 1230. The molecule has 2 heterocycles. The van der Waals surface area contributed by atoms with Crippen LogP contribution in [-0.2, 0) is 71.3 Å². The fraction of sp³-hybridized carbons (Fsp3) is 0.881. The predicted molar refractivity (Wildman–Crippen MR) is 238 cm³/mol. The van der Waals surface area contributed by atoms with E-state index in [9.17, 15) is 24.0 Å². The molecule has 0 aromatic rings. The number of rotatable bonds is 48. The van der Waals surface area contributed by atoms with Crippen LogP contribution in [-0.4, -0.2) is 223 Å². The molecule has 0 spiro atoms. The average molecular weight is 956 g/mol. The van der Waals surface area contributed by atoms with Crippen LogP contribution < -0.4 is 26.6 Å². The Hall–Kier alpha value is -2.94. The highest BCUT2D eigenvalue weighted by Gasteiger charge is 2.42. The highest BCUT2D eigenvalue weighted by molar-refractivity contribution is 8.00. The van der Waals surface area contributed by atoms with Gasteiger partial charge in [-0.25, -0.2) is 4.79 Å². The summed E-state index contributed by atoms with van der Waals surface area (Å²) in [5.74, 6) is -0.239. The van der Waals surface area contributed by atoms with E-state index in [0.717, 1.165) is 25.0 Å². The van der Waals surface area contributed by atoms with E-state index in [4.69, 9.17) is 57.2 Å². The number of carbonyl (C=O) groups excluding carboxylic acids is 4. The summed E-state index contributed by atoms with van der Waals surface area (Å²) in [6.45, 7) is 10.4. The molecule has 2 saturated heterocycles. The summed E-state index contributed by atoms with van der Waals surface area (Å²) >= 11 is 1.89. The molecule has 2 rings (SSSR count). The van der Waals surface area contributed by atoms with Gasteiger partial charge < -0.3 is 83.8 Å². The Morgan fingerprint density at radius 1 is 0.462 bits per heavy atom. The maximum atomic E-state index is 12.1. The van der Waals surface area contributed by atoms with Gasteiger partial charge in [-0.3, -0.25) is 19.2 Å². The summed E-state index contributed by atoms with van der Waals surface area (Å²) in [6, 6.07) is 0.366. The number of amides is 5. The number of aliphatic carboxylic acids is 1. The number of unbranched alkanes of at least 4 members (excludes halogenated alkanes) is 1. The Balaban J connectivity index is 1.15. The minimum atomic E-state index is -0.909. The van der Waals surface area contributed by atoms with Gasteiger partial charge in [-0.2, -0.15) is 11.8 Å². The van der Waals surface area contributed by atoms with Crippen LogP contribution in [0.15, 0.2) is 0 Å². The lowest BCUT2D eigenvalue weighted by Gasteiger charge is -2.16. The first-order valence-electron chi connectivity index (χ1n) is 22.9. The molecular weight excluding hydrogens is 879 g/mol. The van der Waals surface area contributed by atoms with Gasteiger partial charge in [0.1, 0.15) is 0 Å². The average Bonchev–Trinajstić information content (AvgIpc) is 3.85. The first-order valence-corrected chi connectivity index (χ1v) is 24.0. The third-order valence-electron chi connectivity index (χ3n) is 9.40. The molecule has 378 valence electrons. The van der Waals surface area contributed by atoms with Crippen LogP contribution >= 0.6 is 11.8 Å². The first kappa shape index (κ1) is 58.2. The van der Waals surface area contributed by atoms with E-state index in [2.05, 4.69) is 26.6 Å². The Labute approximate surface area is 387 Å². The number of ether oxygens (including phenoxy) is 11. The van der Waals surface area contributed by atoms with Gasteiger partial charge in [0.05, 0.1) is 157 Å². The van der Waals surface area contributed by atoms with Crippen molar-refractivity contribution in [3.63, 3.8) is 0 Å². The summed E-state index contributed by atoms with van der Waals surface area (Å²) in [5.41, 5.74) is 0. The number of thioether (sulfide) groups is 1. The zero-order chi connectivity index (χ0) is 46.7. The highest BCUT2D eigenvalue weighted by Crippen LogP contribution is 2.33. The van der Waals surface area contributed by atoms with Gasteiger partial charge in [0.2, 0.25) is 17.7 Å². The summed E-state index contributed by atoms with van der Waals surface area (Å²) in [6.07, 6.45) is 4.00. The van der Waals surface area contributed by atoms with Gasteiger partial charge in [-0.05, 0) is 19.3 Å². The van der Waals surface area contributed by atoms with Crippen molar-refractivity contribution in [2.45, 2.75) is 68.7 Å². The zero-order valence-electron chi connectivity index (χ0n) is 38.2. The molecular formula is C42H77N5O17S. The normalized spacial score (nSPS) is 16.6. The van der Waals surface area contributed by atoms with Crippen molar-refractivity contribution in [2.24, 2.45) is 0 Å². The second-order valence-electron chi connectivity index (χ2n) is 14.7. The largest absolute Gasteiger partial charge is 0.481 e. The molecule has 0 aliphatic carbocycles. The Kier molecular flexibility index (Phi) is 38.0. The maximum absolute atomic E-state index is 12.1. The molecule has 0 bridgehead atoms. The first-order chi connectivity index (χ1) is 31.8. The van der Waals surface area contributed by atoms with E-state index in [1.807, 2.05) is 11.8 Å². The Morgan fingerprint density at radius 3 is 1.22 bits per heavy atom. The van der Waals surface area contributed by atoms with Gasteiger partial charge in [0.15, 0.2) is 0 Å². The summed E-state index contributed by atoms with van der Waals surface area (Å²) in [5, 5.41) is 23.3. The molecule has 0 aromatic carbocycles. The monoisotopic (exact) mass is 956 g/mol. The van der Waals surface area contributed by atoms with Crippen LogP contribution in [0.25, 0.3) is 0 Å². The van der Waals surface area contributed by atoms with Crippen LogP contribution in [0.4, 0.5) is 4.79 Å². The van der Waals surface area contributed by atoms with Crippen molar-refractivity contribution < 1.29 is 81.2 Å². The van der Waals surface area contributed by atoms with E-state index in [-0.39, 0.29) is 55.1 Å². The van der Waals surface area contributed by atoms with E-state index in [1.165, 1.54) is 0 Å². The van der Waals surface area contributed by atoms with Crippen LogP contribution in [0.3, 0.4) is 0 Å². The second-order valence-corrected chi connectivity index (χ2v) is 15.9. The van der Waals surface area contributed by atoms with Crippen molar-refractivity contribution in [1.82, 2.24) is 26.6 Å². The van der Waals surface area contributed by atoms with Gasteiger partial charge in [0, 0.05) is 56.3 Å². The molecule has 6 N–H and O–H groups in total. The SMILES string of the molecule is O=C(O)CCCC(=O)NCCOCCOCCOCCOCCOCCOCCOCCOCCC(=O)NCCOCCOCCOCCNC(=O)CCCC[C@@H]1SC[C@@H]2NC(=O)N[C@@H]21. The number of nitrogens with one attached hydrogen (secondary N) is 5. The molecule has 2 aliphatic heterocycles. The number of carboxylic acid groups (broad SMARTS) is 1. The predicted octanol–water partition coefficient (Wildman–Crippen LogP) is -0.112. The van der Waals surface area contributed by atoms with Crippen LogP contribution in [0.2, 0.25) is 0 Å². The minimum absolute atomic E-state index is 0.0179. The Morgan fingerprint density at radius 2 is 0.815 bits per heavy atom. The third kappa shape index (κ3) is 35.9. The molecule has 22 nitrogen and oxygen atoms in total. The molecule has 65 heavy (non-hydrogen) atoms. The molecule has 0 radical (unpaired) electrons. The molecule has 0 unspecified atom stereocenters. The summed E-state index contributed by atoms with van der Waals surface area (Å²) in [4.78, 5) is 57.5. The topological polar surface area (TPSA) is 267 Å². The molecule has 0 aromatic heterocycles. The fourth-order valence-electron chi connectivity index (χ4n) is 6.08. The van der Waals surface area contributed by atoms with E-state index >= 15 is 0 Å². The standard InChI is InChI=1S/C42H77N5O17S/c48-37(5-2-1-4-36-41-35(34-65-36)46-42(53)47-41)43-9-13-55-17-21-59-22-18-57-15-11-45-39(50)8-12-54-16-20-58-24-26-61-28-30-63-32-33-64-31-29-62-27-25-60-23-19-56-14-10-44-38(49)6-3-7-40(51)52/h35-36,41H,1-34H2,(H,43,48)(H,44,49)(H,45,50)(H,51,52)(H2,46,47,53)/t35-,36-,41-/m0/s1. The number of hydrogen-bond donors (Lipinski definition) is 6. The van der Waals surface area contributed by atoms with Crippen molar-refractivity contribution >= 4 is 41.5 Å². The quantitative estimate of drug-likeness (QED) is 0.0343. The van der Waals surface area contributed by atoms with Gasteiger partial charge >= 0.3 is 12.0 Å². The van der Waals surface area contributed by atoms with Gasteiger partial charge in [0.25, 0.3) is 0 Å². The third-order valence-corrected chi connectivity index (χ3v) is 10.9. The maximum Gasteiger partial charge on any atom is 0.315 e. The van der Waals surface area contributed by atoms with Crippen molar-refractivity contribution in [3.8, 4) is 0 Å². The zero-order valence-corrected chi connectivity index (χ0v) is 39.0. The molecule has 2 aliphatic rings. The number of carboxylic acids is 1. The van der Waals surface area contributed by atoms with Crippen molar-refractivity contribution in [3.05, 3.63) is 0 Å². The number of urea groups is 1. The minimum Gasteiger partial charge on any atom is -0.481 e. The van der Waals surface area contributed by atoms with E-state index in [1.54, 1.807) is 0 Å². The molecule has 3 atom stereocenters. The van der Waals surface area contributed by atoms with Crippen LogP contribution in [0, 0.1) is 0 Å². The molecule has 0 saturated carbocycles. The summed E-state index contributed by atoms with van der Waals surface area (Å²) in [7, 11) is 0. The van der Waals surface area contributed by atoms with Crippen molar-refractivity contribution in [2.75, 3.05) is 171 Å². The summed E-state index contributed by atoms with van der Waals surface area (Å²) < 4.78 is 60.0. The van der Waals surface area contributed by atoms with E-state index < -0.39 is 5.97 Å². The lowest BCUT2D eigenvalue weighted by molar-refractivity contribution is -0.137.